The molecule has 4 nitrogen and oxygen atoms in total. The second kappa shape index (κ2) is 10.0. The highest BCUT2D eigenvalue weighted by Crippen LogP contribution is 2.38. The molecule has 35 heavy (non-hydrogen) atoms. The third kappa shape index (κ3) is 5.29. The Morgan fingerprint density at radius 3 is 2.37 bits per heavy atom. The van der Waals surface area contributed by atoms with Gasteiger partial charge in [0.05, 0.1) is 17.5 Å². The minimum Gasteiger partial charge on any atom is -0.331 e. The maximum atomic E-state index is 14.7. The van der Waals surface area contributed by atoms with Gasteiger partial charge in [-0.25, -0.2) is 4.39 Å². The number of rotatable bonds is 4. The number of hydrogen-bond donors (Lipinski definition) is 1. The highest BCUT2D eigenvalue weighted by atomic mass is 19.1. The lowest BCUT2D eigenvalue weighted by molar-refractivity contribution is -0.123. The van der Waals surface area contributed by atoms with E-state index >= 15 is 0 Å². The fraction of sp³-hybridized carbons (Fsp3) is 0.333. The van der Waals surface area contributed by atoms with Crippen molar-refractivity contribution in [3.8, 4) is 0 Å². The highest BCUT2D eigenvalue weighted by molar-refractivity contribution is 5.98. The molecule has 1 saturated heterocycles. The Morgan fingerprint density at radius 2 is 1.69 bits per heavy atom. The number of halogens is 1. The molecule has 0 bridgehead atoms. The first-order valence-electron chi connectivity index (χ1n) is 12.2. The van der Waals surface area contributed by atoms with Gasteiger partial charge in [-0.3, -0.25) is 9.59 Å². The lowest BCUT2D eigenvalue weighted by atomic mass is 9.83. The number of nitrogens with one attached hydrogen (secondary N) is 1. The molecule has 3 aromatic rings. The summed E-state index contributed by atoms with van der Waals surface area (Å²) in [7, 11) is 0. The maximum absolute atomic E-state index is 14.7. The molecular formula is C30H33FN2O2. The van der Waals surface area contributed by atoms with E-state index in [4.69, 9.17) is 0 Å². The number of amides is 2. The van der Waals surface area contributed by atoms with Gasteiger partial charge < -0.3 is 10.2 Å². The summed E-state index contributed by atoms with van der Waals surface area (Å²) in [4.78, 5) is 29.0. The Balaban J connectivity index is 1.68. The fourth-order valence-corrected chi connectivity index (χ4v) is 4.91. The molecule has 0 radical (unpaired) electrons. The fourth-order valence-electron chi connectivity index (χ4n) is 4.91. The molecule has 3 aromatic carbocycles. The lowest BCUT2D eigenvalue weighted by Gasteiger charge is -2.41. The maximum Gasteiger partial charge on any atom is 0.257 e. The van der Waals surface area contributed by atoms with E-state index in [1.807, 2.05) is 48.5 Å². The van der Waals surface area contributed by atoms with E-state index < -0.39 is 17.8 Å². The van der Waals surface area contributed by atoms with Crippen molar-refractivity contribution in [2.75, 3.05) is 11.9 Å². The van der Waals surface area contributed by atoms with E-state index in [9.17, 15) is 14.0 Å². The zero-order valence-electron chi connectivity index (χ0n) is 20.8. The molecule has 0 saturated carbocycles. The minimum atomic E-state index is -0.535. The van der Waals surface area contributed by atoms with Gasteiger partial charge in [0.1, 0.15) is 5.82 Å². The summed E-state index contributed by atoms with van der Waals surface area (Å²) in [6.45, 7) is 8.61. The molecule has 2 atom stereocenters. The van der Waals surface area contributed by atoms with Crippen LogP contribution in [0.3, 0.4) is 0 Å². The van der Waals surface area contributed by atoms with Gasteiger partial charge in [-0.2, -0.15) is 0 Å². The number of anilines is 1. The van der Waals surface area contributed by atoms with Crippen molar-refractivity contribution in [1.29, 1.82) is 0 Å². The summed E-state index contributed by atoms with van der Waals surface area (Å²) in [6, 6.07) is 21.7. The Kier molecular flexibility index (Phi) is 7.06. The quantitative estimate of drug-likeness (QED) is 0.461. The van der Waals surface area contributed by atoms with Crippen molar-refractivity contribution in [1.82, 2.24) is 4.90 Å². The van der Waals surface area contributed by atoms with Crippen LogP contribution in [0.1, 0.15) is 66.7 Å². The standard InChI is InChI=1S/C30H33FN2O2/c1-20-11-8-17-25(31)26(20)29(35)33-18-10-16-24(27(33)21-12-6-5-7-13-21)28(34)32-23-15-9-14-22(19-23)30(2,3)4/h5-9,11-15,17,19,24,27H,10,16,18H2,1-4H3,(H,32,34)/t24?,27-/m0/s1. The predicted octanol–water partition coefficient (Wildman–Crippen LogP) is 6.66. The third-order valence-electron chi connectivity index (χ3n) is 6.80. The Bertz CT molecular complexity index is 1200. The largest absolute Gasteiger partial charge is 0.331 e. The van der Waals surface area contributed by atoms with Gasteiger partial charge in [0.25, 0.3) is 5.91 Å². The van der Waals surface area contributed by atoms with Crippen molar-refractivity contribution < 1.29 is 14.0 Å². The van der Waals surface area contributed by atoms with Crippen LogP contribution in [0.15, 0.2) is 72.8 Å². The zero-order valence-corrected chi connectivity index (χ0v) is 20.8. The average molecular weight is 473 g/mol. The lowest BCUT2D eigenvalue weighted by Crippen LogP contribution is -2.46. The number of benzene rings is 3. The first kappa shape index (κ1) is 24.6. The summed E-state index contributed by atoms with van der Waals surface area (Å²) >= 11 is 0. The summed E-state index contributed by atoms with van der Waals surface area (Å²) in [5, 5.41) is 3.09. The minimum absolute atomic E-state index is 0.0427. The van der Waals surface area contributed by atoms with Gasteiger partial charge in [-0.05, 0) is 60.1 Å². The molecule has 1 heterocycles. The number of hydrogen-bond acceptors (Lipinski definition) is 2. The van der Waals surface area contributed by atoms with Crippen LogP contribution in [0, 0.1) is 18.7 Å². The van der Waals surface area contributed by atoms with E-state index in [1.165, 1.54) is 6.07 Å². The van der Waals surface area contributed by atoms with Gasteiger partial charge in [0, 0.05) is 12.2 Å². The first-order valence-corrected chi connectivity index (χ1v) is 12.2. The van der Waals surface area contributed by atoms with Gasteiger partial charge in [-0.15, -0.1) is 0 Å². The molecule has 2 amide bonds. The molecule has 182 valence electrons. The van der Waals surface area contributed by atoms with Crippen LogP contribution in [-0.4, -0.2) is 23.3 Å². The van der Waals surface area contributed by atoms with Gasteiger partial charge >= 0.3 is 0 Å². The Hall–Kier alpha value is -3.47. The van der Waals surface area contributed by atoms with Crippen LogP contribution in [0.5, 0.6) is 0 Å². The van der Waals surface area contributed by atoms with E-state index in [-0.39, 0.29) is 22.8 Å². The van der Waals surface area contributed by atoms with Gasteiger partial charge in [-0.1, -0.05) is 75.4 Å². The molecule has 5 heteroatoms. The molecule has 0 aromatic heterocycles. The highest BCUT2D eigenvalue weighted by Gasteiger charge is 2.40. The summed E-state index contributed by atoms with van der Waals surface area (Å²) in [5.74, 6) is -1.50. The Labute approximate surface area is 207 Å². The topological polar surface area (TPSA) is 49.4 Å². The van der Waals surface area contributed by atoms with Crippen molar-refractivity contribution in [2.45, 2.75) is 52.0 Å². The number of carbonyl (C=O) groups excluding carboxylic acids is 2. The van der Waals surface area contributed by atoms with E-state index in [0.717, 1.165) is 16.8 Å². The van der Waals surface area contributed by atoms with E-state index in [2.05, 4.69) is 32.2 Å². The van der Waals surface area contributed by atoms with Crippen molar-refractivity contribution in [3.05, 3.63) is 101 Å². The number of aryl methyl sites for hydroxylation is 1. The zero-order chi connectivity index (χ0) is 25.2. The average Bonchev–Trinajstić information content (AvgIpc) is 2.83. The van der Waals surface area contributed by atoms with E-state index in [0.29, 0.717) is 24.9 Å². The van der Waals surface area contributed by atoms with Crippen LogP contribution in [0.4, 0.5) is 10.1 Å². The summed E-state index contributed by atoms with van der Waals surface area (Å²) in [6.07, 6.45) is 1.31. The molecule has 1 fully saturated rings. The molecule has 1 unspecified atom stereocenters. The molecule has 1 aliphatic rings. The normalized spacial score (nSPS) is 18.3. The third-order valence-corrected chi connectivity index (χ3v) is 6.80. The smallest absolute Gasteiger partial charge is 0.257 e. The van der Waals surface area contributed by atoms with Crippen molar-refractivity contribution >= 4 is 17.5 Å². The van der Waals surface area contributed by atoms with Crippen molar-refractivity contribution in [3.63, 3.8) is 0 Å². The number of carbonyl (C=O) groups is 2. The summed E-state index contributed by atoms with van der Waals surface area (Å²) in [5.41, 5.74) is 3.37. The monoisotopic (exact) mass is 472 g/mol. The number of piperidine rings is 1. The number of likely N-dealkylation sites (tertiary alicyclic amines) is 1. The van der Waals surface area contributed by atoms with Crippen LogP contribution in [-0.2, 0) is 10.2 Å². The molecule has 1 N–H and O–H groups in total. The van der Waals surface area contributed by atoms with Crippen molar-refractivity contribution in [2.24, 2.45) is 5.92 Å². The molecule has 4 rings (SSSR count). The second-order valence-corrected chi connectivity index (χ2v) is 10.4. The van der Waals surface area contributed by atoms with E-state index in [1.54, 1.807) is 24.0 Å². The second-order valence-electron chi connectivity index (χ2n) is 10.4. The van der Waals surface area contributed by atoms with Crippen LogP contribution < -0.4 is 5.32 Å². The number of nitrogens with zero attached hydrogens (tertiary/aromatic N) is 1. The van der Waals surface area contributed by atoms with Crippen LogP contribution >= 0.6 is 0 Å². The predicted molar refractivity (Wildman–Crippen MR) is 138 cm³/mol. The molecule has 0 aliphatic carbocycles. The molecular weight excluding hydrogens is 439 g/mol. The summed E-state index contributed by atoms with van der Waals surface area (Å²) < 4.78 is 14.7. The van der Waals surface area contributed by atoms with Crippen LogP contribution in [0.2, 0.25) is 0 Å². The molecule has 1 aliphatic heterocycles. The molecule has 0 spiro atoms. The first-order chi connectivity index (χ1) is 16.7. The SMILES string of the molecule is Cc1cccc(F)c1C(=O)N1CCCC(C(=O)Nc2cccc(C(C)(C)C)c2)[C@@H]1c1ccccc1. The van der Waals surface area contributed by atoms with Gasteiger partial charge in [0.15, 0.2) is 0 Å². The van der Waals surface area contributed by atoms with Gasteiger partial charge in [0.2, 0.25) is 5.91 Å². The van der Waals surface area contributed by atoms with Crippen LogP contribution in [0.25, 0.3) is 0 Å². The Morgan fingerprint density at radius 1 is 0.971 bits per heavy atom.